The van der Waals surface area contributed by atoms with E-state index in [0.717, 1.165) is 11.1 Å². The summed E-state index contributed by atoms with van der Waals surface area (Å²) >= 11 is 0. The van der Waals surface area contributed by atoms with Gasteiger partial charge in [0.2, 0.25) is 13.6 Å². The summed E-state index contributed by atoms with van der Waals surface area (Å²) in [5.74, 6) is 2.13. The zero-order valence-electron chi connectivity index (χ0n) is 18.8. The average molecular weight is 461 g/mol. The zero-order valence-corrected chi connectivity index (χ0v) is 18.8. The molecule has 174 valence electrons. The van der Waals surface area contributed by atoms with Crippen LogP contribution in [-0.4, -0.2) is 54.3 Å². The number of rotatable bonds is 6. The van der Waals surface area contributed by atoms with Crippen LogP contribution in [0.25, 0.3) is 0 Å². The molecule has 0 saturated carbocycles. The summed E-state index contributed by atoms with van der Waals surface area (Å²) in [6.45, 7) is 1.11. The summed E-state index contributed by atoms with van der Waals surface area (Å²) in [5.41, 5.74) is 2.20. The van der Waals surface area contributed by atoms with Crippen LogP contribution in [0, 0.1) is 0 Å². The Morgan fingerprint density at radius 2 is 1.15 bits per heavy atom. The lowest BCUT2D eigenvalue weighted by molar-refractivity contribution is 0.0771. The monoisotopic (exact) mass is 461 g/mol. The van der Waals surface area contributed by atoms with Crippen molar-refractivity contribution in [3.05, 3.63) is 77.1 Å². The second kappa shape index (κ2) is 8.93. The van der Waals surface area contributed by atoms with Gasteiger partial charge in [0, 0.05) is 27.2 Å². The van der Waals surface area contributed by atoms with E-state index in [1.807, 2.05) is 36.4 Å². The quantitative estimate of drug-likeness (QED) is 0.557. The van der Waals surface area contributed by atoms with Crippen molar-refractivity contribution in [2.75, 3.05) is 27.7 Å². The van der Waals surface area contributed by atoms with Crippen molar-refractivity contribution < 1.29 is 28.5 Å². The topological polar surface area (TPSA) is 90.4 Å². The fourth-order valence-corrected chi connectivity index (χ4v) is 3.83. The molecular formula is C25H23N3O6. The number of carbonyl (C=O) groups excluding carboxylic acids is 2. The first-order valence-electron chi connectivity index (χ1n) is 10.7. The molecule has 3 heterocycles. The van der Waals surface area contributed by atoms with Crippen molar-refractivity contribution in [2.45, 2.75) is 13.1 Å². The molecule has 0 N–H and O–H groups in total. The smallest absolute Gasteiger partial charge is 0.272 e. The normalized spacial score (nSPS) is 13.0. The van der Waals surface area contributed by atoms with Crippen LogP contribution in [0.1, 0.15) is 32.1 Å². The first-order chi connectivity index (χ1) is 16.5. The molecule has 9 heteroatoms. The molecule has 0 aliphatic carbocycles. The molecule has 9 nitrogen and oxygen atoms in total. The van der Waals surface area contributed by atoms with Crippen molar-refractivity contribution in [3.63, 3.8) is 0 Å². The highest BCUT2D eigenvalue weighted by Crippen LogP contribution is 2.33. The number of hydrogen-bond acceptors (Lipinski definition) is 7. The molecule has 0 atom stereocenters. The Kier molecular flexibility index (Phi) is 5.67. The molecule has 0 bridgehead atoms. The molecule has 0 unspecified atom stereocenters. The van der Waals surface area contributed by atoms with E-state index in [1.54, 1.807) is 42.1 Å². The van der Waals surface area contributed by atoms with Gasteiger partial charge in [0.25, 0.3) is 11.8 Å². The Balaban J connectivity index is 1.25. The predicted octanol–water partition coefficient (Wildman–Crippen LogP) is 3.08. The fraction of sp³-hybridized carbons (Fsp3) is 0.240. The molecule has 2 aromatic carbocycles. The minimum Gasteiger partial charge on any atom is -0.454 e. The third-order valence-electron chi connectivity index (χ3n) is 5.59. The number of fused-ring (bicyclic) bond motifs is 2. The predicted molar refractivity (Wildman–Crippen MR) is 121 cm³/mol. The van der Waals surface area contributed by atoms with Gasteiger partial charge in [-0.3, -0.25) is 9.59 Å². The second-order valence-electron chi connectivity index (χ2n) is 8.11. The molecular weight excluding hydrogens is 438 g/mol. The third-order valence-corrected chi connectivity index (χ3v) is 5.59. The SMILES string of the molecule is CN(Cc1ccc2c(c1)OCO2)C(=O)c1cccc(C(=O)N(C)Cc2ccc3c(c2)OCO3)n1. The first kappa shape index (κ1) is 21.6. The van der Waals surface area contributed by atoms with Crippen LogP contribution in [0.15, 0.2) is 54.6 Å². The molecule has 2 aliphatic heterocycles. The zero-order chi connectivity index (χ0) is 23.7. The van der Waals surface area contributed by atoms with E-state index in [4.69, 9.17) is 18.9 Å². The maximum Gasteiger partial charge on any atom is 0.272 e. The standard InChI is InChI=1S/C25H23N3O6/c1-27(12-16-6-8-20-22(10-16)33-14-31-20)24(29)18-4-3-5-19(26-18)25(30)28(2)13-17-7-9-21-23(11-17)34-15-32-21/h3-11H,12-15H2,1-2H3. The number of ether oxygens (including phenoxy) is 4. The van der Waals surface area contributed by atoms with Gasteiger partial charge >= 0.3 is 0 Å². The van der Waals surface area contributed by atoms with Gasteiger partial charge in [0.15, 0.2) is 23.0 Å². The molecule has 0 fully saturated rings. The molecule has 34 heavy (non-hydrogen) atoms. The lowest BCUT2D eigenvalue weighted by atomic mass is 10.1. The van der Waals surface area contributed by atoms with Crippen molar-refractivity contribution in [2.24, 2.45) is 0 Å². The Hall–Kier alpha value is -4.27. The minimum absolute atomic E-state index is 0.196. The van der Waals surface area contributed by atoms with Crippen LogP contribution in [0.3, 0.4) is 0 Å². The van der Waals surface area contributed by atoms with Crippen LogP contribution >= 0.6 is 0 Å². The summed E-state index contributed by atoms with van der Waals surface area (Å²) in [6.07, 6.45) is 0. The van der Waals surface area contributed by atoms with Crippen LogP contribution in [0.2, 0.25) is 0 Å². The Bertz CT molecular complexity index is 1170. The van der Waals surface area contributed by atoms with E-state index in [-0.39, 0.29) is 36.8 Å². The van der Waals surface area contributed by atoms with Crippen LogP contribution in [0.5, 0.6) is 23.0 Å². The molecule has 2 aliphatic rings. The van der Waals surface area contributed by atoms with Gasteiger partial charge in [0.05, 0.1) is 0 Å². The maximum atomic E-state index is 13.0. The van der Waals surface area contributed by atoms with E-state index in [0.29, 0.717) is 36.1 Å². The lowest BCUT2D eigenvalue weighted by Gasteiger charge is -2.19. The van der Waals surface area contributed by atoms with Gasteiger partial charge in [0.1, 0.15) is 11.4 Å². The highest BCUT2D eigenvalue weighted by molar-refractivity contribution is 5.96. The van der Waals surface area contributed by atoms with E-state index in [1.165, 1.54) is 0 Å². The maximum absolute atomic E-state index is 13.0. The Labute approximate surface area is 196 Å². The highest BCUT2D eigenvalue weighted by Gasteiger charge is 2.21. The largest absolute Gasteiger partial charge is 0.454 e. The Morgan fingerprint density at radius 3 is 1.62 bits per heavy atom. The summed E-state index contributed by atoms with van der Waals surface area (Å²) in [7, 11) is 3.38. The minimum atomic E-state index is -0.286. The van der Waals surface area contributed by atoms with Crippen LogP contribution in [-0.2, 0) is 13.1 Å². The Morgan fingerprint density at radius 1 is 0.706 bits per heavy atom. The molecule has 5 rings (SSSR count). The first-order valence-corrected chi connectivity index (χ1v) is 10.7. The second-order valence-corrected chi connectivity index (χ2v) is 8.11. The van der Waals surface area contributed by atoms with Gasteiger partial charge < -0.3 is 28.7 Å². The number of hydrogen-bond donors (Lipinski definition) is 0. The van der Waals surface area contributed by atoms with Crippen LogP contribution < -0.4 is 18.9 Å². The molecule has 0 saturated heterocycles. The fourth-order valence-electron chi connectivity index (χ4n) is 3.83. The summed E-state index contributed by atoms with van der Waals surface area (Å²) in [4.78, 5) is 33.4. The van der Waals surface area contributed by atoms with Crippen molar-refractivity contribution >= 4 is 11.8 Å². The number of carbonyl (C=O) groups is 2. The van der Waals surface area contributed by atoms with Gasteiger partial charge in [-0.05, 0) is 47.5 Å². The number of aromatic nitrogens is 1. The number of benzene rings is 2. The van der Waals surface area contributed by atoms with Crippen LogP contribution in [0.4, 0.5) is 0 Å². The van der Waals surface area contributed by atoms with Crippen molar-refractivity contribution in [1.82, 2.24) is 14.8 Å². The molecule has 0 radical (unpaired) electrons. The van der Waals surface area contributed by atoms with Gasteiger partial charge in [-0.2, -0.15) is 0 Å². The van der Waals surface area contributed by atoms with E-state index in [9.17, 15) is 9.59 Å². The average Bonchev–Trinajstić information content (AvgIpc) is 3.51. The van der Waals surface area contributed by atoms with E-state index in [2.05, 4.69) is 4.98 Å². The number of nitrogens with zero attached hydrogens (tertiary/aromatic N) is 3. The lowest BCUT2D eigenvalue weighted by Crippen LogP contribution is -2.30. The van der Waals surface area contributed by atoms with E-state index >= 15 is 0 Å². The highest BCUT2D eigenvalue weighted by atomic mass is 16.7. The van der Waals surface area contributed by atoms with Crippen molar-refractivity contribution in [1.29, 1.82) is 0 Å². The summed E-state index contributed by atoms with van der Waals surface area (Å²) in [5, 5.41) is 0. The summed E-state index contributed by atoms with van der Waals surface area (Å²) < 4.78 is 21.5. The van der Waals surface area contributed by atoms with Gasteiger partial charge in [-0.25, -0.2) is 4.98 Å². The molecule has 2 amide bonds. The molecule has 3 aromatic rings. The van der Waals surface area contributed by atoms with Gasteiger partial charge in [-0.1, -0.05) is 18.2 Å². The van der Waals surface area contributed by atoms with E-state index < -0.39 is 0 Å². The molecule has 1 aromatic heterocycles. The molecule has 0 spiro atoms. The van der Waals surface area contributed by atoms with Crippen molar-refractivity contribution in [3.8, 4) is 23.0 Å². The van der Waals surface area contributed by atoms with Gasteiger partial charge in [-0.15, -0.1) is 0 Å². The third kappa shape index (κ3) is 4.32. The summed E-state index contributed by atoms with van der Waals surface area (Å²) in [6, 6.07) is 16.0. The number of amides is 2. The number of pyridine rings is 1.